The van der Waals surface area contributed by atoms with E-state index in [4.69, 9.17) is 4.74 Å². The van der Waals surface area contributed by atoms with Gasteiger partial charge in [-0.2, -0.15) is 0 Å². The topological polar surface area (TPSA) is 44.8 Å². The van der Waals surface area contributed by atoms with E-state index < -0.39 is 0 Å². The van der Waals surface area contributed by atoms with Crippen LogP contribution in [0.5, 0.6) is 5.75 Å². The SMILES string of the molecule is COc1ccc(CCC(=O)Nc2cccc(N3CCN(CC4CC4)CC3)c2)cc1. The van der Waals surface area contributed by atoms with Crippen molar-refractivity contribution in [2.75, 3.05) is 50.1 Å². The molecule has 2 fully saturated rings. The molecule has 0 atom stereocenters. The summed E-state index contributed by atoms with van der Waals surface area (Å²) in [6.07, 6.45) is 4.02. The first-order chi connectivity index (χ1) is 14.2. The van der Waals surface area contributed by atoms with E-state index in [9.17, 15) is 4.79 Å². The Balaban J connectivity index is 1.26. The molecule has 0 spiro atoms. The highest BCUT2D eigenvalue weighted by atomic mass is 16.5. The number of piperazine rings is 1. The number of ether oxygens (including phenoxy) is 1. The molecule has 1 saturated carbocycles. The van der Waals surface area contributed by atoms with Crippen molar-refractivity contribution in [2.45, 2.75) is 25.7 Å². The van der Waals surface area contributed by atoms with Crippen LogP contribution in [0.25, 0.3) is 0 Å². The monoisotopic (exact) mass is 393 g/mol. The number of carbonyl (C=O) groups excluding carboxylic acids is 1. The summed E-state index contributed by atoms with van der Waals surface area (Å²) in [7, 11) is 1.66. The van der Waals surface area contributed by atoms with Gasteiger partial charge in [-0.3, -0.25) is 9.69 Å². The van der Waals surface area contributed by atoms with Crippen molar-refractivity contribution in [3.63, 3.8) is 0 Å². The second-order valence-electron chi connectivity index (χ2n) is 8.18. The molecule has 1 heterocycles. The molecular weight excluding hydrogens is 362 g/mol. The maximum Gasteiger partial charge on any atom is 0.224 e. The lowest BCUT2D eigenvalue weighted by molar-refractivity contribution is -0.116. The number of rotatable bonds is 8. The summed E-state index contributed by atoms with van der Waals surface area (Å²) < 4.78 is 5.17. The zero-order chi connectivity index (χ0) is 20.1. The Labute approximate surface area is 173 Å². The highest BCUT2D eigenvalue weighted by Crippen LogP contribution is 2.30. The minimum Gasteiger partial charge on any atom is -0.497 e. The van der Waals surface area contributed by atoms with Crippen molar-refractivity contribution < 1.29 is 9.53 Å². The lowest BCUT2D eigenvalue weighted by atomic mass is 10.1. The van der Waals surface area contributed by atoms with Gasteiger partial charge in [-0.15, -0.1) is 0 Å². The van der Waals surface area contributed by atoms with Gasteiger partial charge in [0, 0.05) is 50.5 Å². The highest BCUT2D eigenvalue weighted by molar-refractivity contribution is 5.91. The van der Waals surface area contributed by atoms with Crippen LogP contribution in [-0.2, 0) is 11.2 Å². The molecule has 5 heteroatoms. The molecule has 1 amide bonds. The first-order valence-electron chi connectivity index (χ1n) is 10.7. The fourth-order valence-electron chi connectivity index (χ4n) is 3.91. The highest BCUT2D eigenvalue weighted by Gasteiger charge is 2.26. The average molecular weight is 394 g/mol. The second kappa shape index (κ2) is 9.31. The summed E-state index contributed by atoms with van der Waals surface area (Å²) in [6, 6.07) is 16.1. The Morgan fingerprint density at radius 3 is 2.52 bits per heavy atom. The third kappa shape index (κ3) is 5.73. The van der Waals surface area contributed by atoms with Crippen molar-refractivity contribution in [1.82, 2.24) is 4.90 Å². The van der Waals surface area contributed by atoms with E-state index in [2.05, 4.69) is 27.2 Å². The molecule has 1 aliphatic carbocycles. The second-order valence-corrected chi connectivity index (χ2v) is 8.18. The molecule has 1 N–H and O–H groups in total. The minimum absolute atomic E-state index is 0.0484. The first kappa shape index (κ1) is 19.8. The molecular formula is C24H31N3O2. The van der Waals surface area contributed by atoms with Gasteiger partial charge in [-0.25, -0.2) is 0 Å². The Morgan fingerprint density at radius 1 is 1.07 bits per heavy atom. The molecule has 29 heavy (non-hydrogen) atoms. The van der Waals surface area contributed by atoms with Crippen molar-refractivity contribution >= 4 is 17.3 Å². The maximum absolute atomic E-state index is 12.4. The molecule has 5 nitrogen and oxygen atoms in total. The van der Waals surface area contributed by atoms with Gasteiger partial charge in [0.2, 0.25) is 5.91 Å². The molecule has 0 unspecified atom stereocenters. The van der Waals surface area contributed by atoms with Gasteiger partial charge in [-0.1, -0.05) is 18.2 Å². The van der Waals surface area contributed by atoms with E-state index >= 15 is 0 Å². The van der Waals surface area contributed by atoms with E-state index in [1.54, 1.807) is 7.11 Å². The molecule has 154 valence electrons. The molecule has 4 rings (SSSR count). The minimum atomic E-state index is 0.0484. The van der Waals surface area contributed by atoms with Crippen molar-refractivity contribution in [1.29, 1.82) is 0 Å². The summed E-state index contributed by atoms with van der Waals surface area (Å²) in [5, 5.41) is 3.06. The van der Waals surface area contributed by atoms with Crippen molar-refractivity contribution in [2.24, 2.45) is 5.92 Å². The van der Waals surface area contributed by atoms with Gasteiger partial charge in [-0.05, 0) is 61.1 Å². The van der Waals surface area contributed by atoms with Crippen LogP contribution in [0.2, 0.25) is 0 Å². The van der Waals surface area contributed by atoms with Gasteiger partial charge in [0.25, 0.3) is 0 Å². The van der Waals surface area contributed by atoms with Crippen LogP contribution in [0.4, 0.5) is 11.4 Å². The van der Waals surface area contributed by atoms with Gasteiger partial charge < -0.3 is 15.0 Å². The summed E-state index contributed by atoms with van der Waals surface area (Å²) in [6.45, 7) is 5.66. The number of nitrogens with zero attached hydrogens (tertiary/aromatic N) is 2. The van der Waals surface area contributed by atoms with Gasteiger partial charge in [0.15, 0.2) is 0 Å². The normalized spacial score (nSPS) is 17.2. The third-order valence-corrected chi connectivity index (χ3v) is 5.88. The Kier molecular flexibility index (Phi) is 6.35. The number of anilines is 2. The third-order valence-electron chi connectivity index (χ3n) is 5.88. The Morgan fingerprint density at radius 2 is 1.83 bits per heavy atom. The number of aryl methyl sites for hydroxylation is 1. The number of methoxy groups -OCH3 is 1. The summed E-state index contributed by atoms with van der Waals surface area (Å²) >= 11 is 0. The molecule has 1 saturated heterocycles. The predicted molar refractivity (Wildman–Crippen MR) is 118 cm³/mol. The van der Waals surface area contributed by atoms with E-state index in [1.807, 2.05) is 36.4 Å². The molecule has 1 aliphatic heterocycles. The molecule has 2 aromatic carbocycles. The molecule has 2 aliphatic rings. The molecule has 2 aromatic rings. The number of nitrogens with one attached hydrogen (secondary N) is 1. The Bertz CT molecular complexity index is 809. The van der Waals surface area contributed by atoms with Crippen LogP contribution >= 0.6 is 0 Å². The quantitative estimate of drug-likeness (QED) is 0.741. The molecule has 0 radical (unpaired) electrons. The van der Waals surface area contributed by atoms with Gasteiger partial charge >= 0.3 is 0 Å². The fraction of sp³-hybridized carbons (Fsp3) is 0.458. The van der Waals surface area contributed by atoms with E-state index in [-0.39, 0.29) is 5.91 Å². The zero-order valence-corrected chi connectivity index (χ0v) is 17.3. The smallest absolute Gasteiger partial charge is 0.224 e. The lowest BCUT2D eigenvalue weighted by Gasteiger charge is -2.36. The summed E-state index contributed by atoms with van der Waals surface area (Å²) in [4.78, 5) is 17.4. The maximum atomic E-state index is 12.4. The van der Waals surface area contributed by atoms with E-state index in [1.165, 1.54) is 25.1 Å². The van der Waals surface area contributed by atoms with Crippen LogP contribution in [0.1, 0.15) is 24.8 Å². The average Bonchev–Trinajstić information content (AvgIpc) is 3.57. The van der Waals surface area contributed by atoms with E-state index in [0.717, 1.165) is 55.5 Å². The number of hydrogen-bond donors (Lipinski definition) is 1. The van der Waals surface area contributed by atoms with Crippen molar-refractivity contribution in [3.8, 4) is 5.75 Å². The first-order valence-corrected chi connectivity index (χ1v) is 10.7. The number of hydrogen-bond acceptors (Lipinski definition) is 4. The summed E-state index contributed by atoms with van der Waals surface area (Å²) in [5.41, 5.74) is 3.21. The van der Waals surface area contributed by atoms with Crippen LogP contribution in [0.3, 0.4) is 0 Å². The number of amides is 1. The predicted octanol–water partition coefficient (Wildman–Crippen LogP) is 3.80. The Hall–Kier alpha value is -2.53. The van der Waals surface area contributed by atoms with Gasteiger partial charge in [0.1, 0.15) is 5.75 Å². The van der Waals surface area contributed by atoms with Crippen LogP contribution in [0, 0.1) is 5.92 Å². The summed E-state index contributed by atoms with van der Waals surface area (Å²) in [5.74, 6) is 1.84. The molecule has 0 aromatic heterocycles. The lowest BCUT2D eigenvalue weighted by Crippen LogP contribution is -2.47. The number of benzene rings is 2. The largest absolute Gasteiger partial charge is 0.497 e. The zero-order valence-electron chi connectivity index (χ0n) is 17.3. The standard InChI is InChI=1S/C24H31N3O2/c1-29-23-10-7-19(8-11-23)9-12-24(28)25-21-3-2-4-22(17-21)27-15-13-26(14-16-27)18-20-5-6-20/h2-4,7-8,10-11,17,20H,5-6,9,12-16,18H2,1H3,(H,25,28). The van der Waals surface area contributed by atoms with Crippen LogP contribution in [0.15, 0.2) is 48.5 Å². The van der Waals surface area contributed by atoms with E-state index in [0.29, 0.717) is 6.42 Å². The fourth-order valence-corrected chi connectivity index (χ4v) is 3.91. The van der Waals surface area contributed by atoms with Crippen LogP contribution in [-0.4, -0.2) is 50.6 Å². The molecule has 0 bridgehead atoms. The van der Waals surface area contributed by atoms with Crippen LogP contribution < -0.4 is 15.0 Å². The number of carbonyl (C=O) groups is 1. The van der Waals surface area contributed by atoms with Crippen molar-refractivity contribution in [3.05, 3.63) is 54.1 Å². The van der Waals surface area contributed by atoms with Gasteiger partial charge in [0.05, 0.1) is 7.11 Å².